The Morgan fingerprint density at radius 1 is 1.22 bits per heavy atom. The summed E-state index contributed by atoms with van der Waals surface area (Å²) in [6, 6.07) is 6.59. The van der Waals surface area contributed by atoms with Gasteiger partial charge in [-0.15, -0.1) is 0 Å². The van der Waals surface area contributed by atoms with Crippen LogP contribution in [-0.4, -0.2) is 23.6 Å². The Balaban J connectivity index is 1.61. The number of carbonyl (C=O) groups is 1. The van der Waals surface area contributed by atoms with E-state index in [9.17, 15) is 4.79 Å². The maximum absolute atomic E-state index is 11.9. The number of amides is 1. The molecule has 0 spiro atoms. The van der Waals surface area contributed by atoms with Crippen LogP contribution in [0.1, 0.15) is 50.5 Å². The number of carbonyl (C=O) groups excluding carboxylic acids is 1. The lowest BCUT2D eigenvalue weighted by Crippen LogP contribution is -2.38. The highest BCUT2D eigenvalue weighted by molar-refractivity contribution is 7.80. The van der Waals surface area contributed by atoms with Gasteiger partial charge in [0.2, 0.25) is 5.91 Å². The van der Waals surface area contributed by atoms with Gasteiger partial charge in [-0.3, -0.25) is 4.79 Å². The second-order valence-corrected chi connectivity index (χ2v) is 6.99. The van der Waals surface area contributed by atoms with E-state index in [1.807, 2.05) is 24.0 Å². The number of thiocarbonyl (C=S) groups is 1. The fourth-order valence-electron chi connectivity index (χ4n) is 3.54. The molecule has 1 heterocycles. The third-order valence-corrected chi connectivity index (χ3v) is 4.98. The summed E-state index contributed by atoms with van der Waals surface area (Å²) in [5.41, 5.74) is 3.10. The standard InChI is InChI=1S/C18H25N3OS/c1-13-12-15(9-10-16(13)21-11-5-8-17(21)22)20-18(23)19-14-6-3-2-4-7-14/h9-10,12,14H,2-8,11H2,1H3,(H2,19,20,23). The first kappa shape index (κ1) is 16.2. The van der Waals surface area contributed by atoms with Gasteiger partial charge in [0, 0.05) is 30.4 Å². The van der Waals surface area contributed by atoms with Gasteiger partial charge in [0.25, 0.3) is 0 Å². The molecule has 1 saturated heterocycles. The van der Waals surface area contributed by atoms with E-state index in [0.29, 0.717) is 17.6 Å². The summed E-state index contributed by atoms with van der Waals surface area (Å²) >= 11 is 5.43. The molecule has 1 aromatic rings. The highest BCUT2D eigenvalue weighted by atomic mass is 32.1. The van der Waals surface area contributed by atoms with Crippen LogP contribution < -0.4 is 15.5 Å². The summed E-state index contributed by atoms with van der Waals surface area (Å²) in [7, 11) is 0. The number of hydrogen-bond donors (Lipinski definition) is 2. The van der Waals surface area contributed by atoms with Crippen molar-refractivity contribution in [3.8, 4) is 0 Å². The van der Waals surface area contributed by atoms with Crippen LogP contribution in [0.2, 0.25) is 0 Å². The Morgan fingerprint density at radius 3 is 2.65 bits per heavy atom. The van der Waals surface area contributed by atoms with Gasteiger partial charge in [-0.05, 0) is 62.2 Å². The monoisotopic (exact) mass is 331 g/mol. The predicted octanol–water partition coefficient (Wildman–Crippen LogP) is 3.74. The largest absolute Gasteiger partial charge is 0.360 e. The molecule has 1 aliphatic carbocycles. The average Bonchev–Trinajstić information content (AvgIpc) is 2.94. The normalized spacial score (nSPS) is 19.0. The molecule has 0 unspecified atom stereocenters. The van der Waals surface area contributed by atoms with Gasteiger partial charge in [0.05, 0.1) is 0 Å². The molecule has 0 aromatic heterocycles. The van der Waals surface area contributed by atoms with E-state index in [2.05, 4.69) is 16.7 Å². The van der Waals surface area contributed by atoms with Crippen molar-refractivity contribution >= 4 is 34.6 Å². The maximum atomic E-state index is 11.9. The van der Waals surface area contributed by atoms with Crippen molar-refractivity contribution in [2.24, 2.45) is 0 Å². The molecule has 1 aliphatic heterocycles. The fraction of sp³-hybridized carbons (Fsp3) is 0.556. The van der Waals surface area contributed by atoms with Crippen molar-refractivity contribution in [3.05, 3.63) is 23.8 Å². The minimum absolute atomic E-state index is 0.225. The number of nitrogens with one attached hydrogen (secondary N) is 2. The SMILES string of the molecule is Cc1cc(NC(=S)NC2CCCCC2)ccc1N1CCCC1=O. The molecule has 1 aromatic carbocycles. The fourth-order valence-corrected chi connectivity index (χ4v) is 3.82. The molecule has 4 nitrogen and oxygen atoms in total. The molecule has 2 aliphatic rings. The summed E-state index contributed by atoms with van der Waals surface area (Å²) in [5.74, 6) is 0.225. The number of nitrogens with zero attached hydrogens (tertiary/aromatic N) is 1. The van der Waals surface area contributed by atoms with Crippen LogP contribution >= 0.6 is 12.2 Å². The van der Waals surface area contributed by atoms with E-state index in [-0.39, 0.29) is 5.91 Å². The average molecular weight is 331 g/mol. The van der Waals surface area contributed by atoms with Gasteiger partial charge >= 0.3 is 0 Å². The van der Waals surface area contributed by atoms with E-state index in [4.69, 9.17) is 12.2 Å². The van der Waals surface area contributed by atoms with Crippen LogP contribution in [0, 0.1) is 6.92 Å². The highest BCUT2D eigenvalue weighted by Gasteiger charge is 2.23. The lowest BCUT2D eigenvalue weighted by molar-refractivity contribution is -0.117. The molecule has 0 radical (unpaired) electrons. The molecule has 124 valence electrons. The molecule has 1 saturated carbocycles. The lowest BCUT2D eigenvalue weighted by Gasteiger charge is -2.24. The maximum Gasteiger partial charge on any atom is 0.227 e. The summed E-state index contributed by atoms with van der Waals surface area (Å²) in [4.78, 5) is 13.8. The molecule has 0 atom stereocenters. The van der Waals surface area contributed by atoms with Crippen LogP contribution in [-0.2, 0) is 4.79 Å². The van der Waals surface area contributed by atoms with Crippen molar-refractivity contribution in [2.45, 2.75) is 57.9 Å². The molecular weight excluding hydrogens is 306 g/mol. The van der Waals surface area contributed by atoms with Crippen LogP contribution in [0.3, 0.4) is 0 Å². The molecule has 2 N–H and O–H groups in total. The first-order valence-electron chi connectivity index (χ1n) is 8.62. The number of anilines is 2. The molecule has 0 bridgehead atoms. The third kappa shape index (κ3) is 4.02. The van der Waals surface area contributed by atoms with Crippen molar-refractivity contribution in [1.29, 1.82) is 0 Å². The van der Waals surface area contributed by atoms with Gasteiger partial charge in [0.1, 0.15) is 0 Å². The number of rotatable bonds is 3. The zero-order chi connectivity index (χ0) is 16.2. The summed E-state index contributed by atoms with van der Waals surface area (Å²) < 4.78 is 0. The molecule has 2 fully saturated rings. The summed E-state index contributed by atoms with van der Waals surface area (Å²) in [6.07, 6.45) is 7.94. The Morgan fingerprint density at radius 2 is 2.00 bits per heavy atom. The zero-order valence-electron chi connectivity index (χ0n) is 13.7. The van der Waals surface area contributed by atoms with Crippen LogP contribution in [0.25, 0.3) is 0 Å². The lowest BCUT2D eigenvalue weighted by atomic mass is 9.96. The zero-order valence-corrected chi connectivity index (χ0v) is 14.5. The molecule has 1 amide bonds. The summed E-state index contributed by atoms with van der Waals surface area (Å²) in [6.45, 7) is 2.87. The second-order valence-electron chi connectivity index (χ2n) is 6.58. The van der Waals surface area contributed by atoms with Crippen molar-refractivity contribution in [3.63, 3.8) is 0 Å². The highest BCUT2D eigenvalue weighted by Crippen LogP contribution is 2.27. The molecular formula is C18H25N3OS. The number of benzene rings is 1. The third-order valence-electron chi connectivity index (χ3n) is 4.76. The number of hydrogen-bond acceptors (Lipinski definition) is 2. The first-order chi connectivity index (χ1) is 11.1. The minimum atomic E-state index is 0.225. The molecule has 23 heavy (non-hydrogen) atoms. The van der Waals surface area contributed by atoms with Gasteiger partial charge < -0.3 is 15.5 Å². The van der Waals surface area contributed by atoms with Crippen molar-refractivity contribution in [1.82, 2.24) is 5.32 Å². The van der Waals surface area contributed by atoms with E-state index in [0.717, 1.165) is 29.9 Å². The molecule has 3 rings (SSSR count). The number of aryl methyl sites for hydroxylation is 1. The first-order valence-corrected chi connectivity index (χ1v) is 9.03. The van der Waals surface area contributed by atoms with E-state index in [1.165, 1.54) is 32.1 Å². The van der Waals surface area contributed by atoms with Gasteiger partial charge in [-0.1, -0.05) is 19.3 Å². The van der Waals surface area contributed by atoms with Crippen LogP contribution in [0.4, 0.5) is 11.4 Å². The topological polar surface area (TPSA) is 44.4 Å². The molecule has 5 heteroatoms. The minimum Gasteiger partial charge on any atom is -0.360 e. The van der Waals surface area contributed by atoms with E-state index in [1.54, 1.807) is 0 Å². The van der Waals surface area contributed by atoms with Crippen LogP contribution in [0.5, 0.6) is 0 Å². The van der Waals surface area contributed by atoms with Crippen LogP contribution in [0.15, 0.2) is 18.2 Å². The van der Waals surface area contributed by atoms with Crippen molar-refractivity contribution < 1.29 is 4.79 Å². The van der Waals surface area contributed by atoms with E-state index < -0.39 is 0 Å². The van der Waals surface area contributed by atoms with Gasteiger partial charge in [-0.2, -0.15) is 0 Å². The van der Waals surface area contributed by atoms with Crippen molar-refractivity contribution in [2.75, 3.05) is 16.8 Å². The predicted molar refractivity (Wildman–Crippen MR) is 99.0 cm³/mol. The Bertz CT molecular complexity index is 596. The Kier molecular flexibility index (Phi) is 5.16. The van der Waals surface area contributed by atoms with E-state index >= 15 is 0 Å². The summed E-state index contributed by atoms with van der Waals surface area (Å²) in [5, 5.41) is 7.39. The Labute approximate surface area is 143 Å². The quantitative estimate of drug-likeness (QED) is 0.828. The second kappa shape index (κ2) is 7.30. The Hall–Kier alpha value is -1.62. The van der Waals surface area contributed by atoms with Gasteiger partial charge in [0.15, 0.2) is 5.11 Å². The van der Waals surface area contributed by atoms with Gasteiger partial charge in [-0.25, -0.2) is 0 Å². The smallest absolute Gasteiger partial charge is 0.227 e.